The zero-order chi connectivity index (χ0) is 16.5. The summed E-state index contributed by atoms with van der Waals surface area (Å²) in [5, 5.41) is 1.24. The third-order valence-electron chi connectivity index (χ3n) is 4.41. The lowest BCUT2D eigenvalue weighted by molar-refractivity contribution is 0.00578. The van der Waals surface area contributed by atoms with Crippen LogP contribution in [0.4, 0.5) is 0 Å². The van der Waals surface area contributed by atoms with Gasteiger partial charge in [0.2, 0.25) is 0 Å². The maximum atomic E-state index is 6.14. The van der Waals surface area contributed by atoms with E-state index in [-0.39, 0.29) is 18.3 Å². The molecule has 21 heavy (non-hydrogen) atoms. The number of hydrogen-bond acceptors (Lipinski definition) is 2. The Labute approximate surface area is 132 Å². The minimum atomic E-state index is -1.34. The fraction of sp³-hybridized carbons (Fsp3) is 0.647. The minimum Gasteiger partial charge on any atom is -0.399 e. The molecule has 0 bridgehead atoms. The maximum Gasteiger partial charge on any atom is 0.494 e. The van der Waals surface area contributed by atoms with E-state index in [1.807, 2.05) is 0 Å². The summed E-state index contributed by atoms with van der Waals surface area (Å²) < 4.78 is 12.3. The largest absolute Gasteiger partial charge is 0.494 e. The van der Waals surface area contributed by atoms with Gasteiger partial charge < -0.3 is 9.31 Å². The van der Waals surface area contributed by atoms with Gasteiger partial charge in [0.1, 0.15) is 0 Å². The first kappa shape index (κ1) is 18.5. The third-order valence-corrected chi connectivity index (χ3v) is 6.50. The monoisotopic (exact) mass is 306 g/mol. The van der Waals surface area contributed by atoms with Crippen LogP contribution in [0.2, 0.25) is 19.6 Å². The normalized spacial score (nSPS) is 22.1. The summed E-state index contributed by atoms with van der Waals surface area (Å²) in [6.07, 6.45) is 7.39. The first-order chi connectivity index (χ1) is 9.40. The molecule has 4 heteroatoms. The van der Waals surface area contributed by atoms with Crippen LogP contribution in [0.5, 0.6) is 0 Å². The van der Waals surface area contributed by atoms with Gasteiger partial charge in [-0.1, -0.05) is 56.6 Å². The third kappa shape index (κ3) is 4.44. The van der Waals surface area contributed by atoms with E-state index in [0.29, 0.717) is 0 Å². The van der Waals surface area contributed by atoms with Crippen LogP contribution in [-0.2, 0) is 9.31 Å². The highest BCUT2D eigenvalue weighted by atomic mass is 28.3. The smallest absolute Gasteiger partial charge is 0.399 e. The van der Waals surface area contributed by atoms with Gasteiger partial charge in [0.05, 0.1) is 19.3 Å². The SMILES string of the molecule is C=C(C=CC(=CCC)B1OC(C)(C)C(C)(C)O1)[Si](C)(C)C. The van der Waals surface area contributed by atoms with E-state index in [1.165, 1.54) is 5.20 Å². The molecule has 2 nitrogen and oxygen atoms in total. The molecule has 1 saturated heterocycles. The first-order valence-corrected chi connectivity index (χ1v) is 11.3. The fourth-order valence-electron chi connectivity index (χ4n) is 1.90. The van der Waals surface area contributed by atoms with E-state index < -0.39 is 8.07 Å². The standard InChI is InChI=1S/C17H31BO2Si/c1-10-11-15(13-12-14(2)21(7,8)9)18-19-16(3,4)17(5,6)20-18/h11-13H,2,10H2,1,3-9H3. The van der Waals surface area contributed by atoms with Crippen LogP contribution in [-0.4, -0.2) is 26.4 Å². The fourth-order valence-corrected chi connectivity index (χ4v) is 2.49. The molecule has 1 heterocycles. The van der Waals surface area contributed by atoms with Crippen LogP contribution >= 0.6 is 0 Å². The van der Waals surface area contributed by atoms with Gasteiger partial charge in [-0.3, -0.25) is 0 Å². The van der Waals surface area contributed by atoms with Gasteiger partial charge in [0.25, 0.3) is 0 Å². The van der Waals surface area contributed by atoms with E-state index in [4.69, 9.17) is 9.31 Å². The zero-order valence-corrected chi connectivity index (χ0v) is 16.0. The van der Waals surface area contributed by atoms with Crippen molar-refractivity contribution in [1.29, 1.82) is 0 Å². The van der Waals surface area contributed by atoms with Gasteiger partial charge in [0, 0.05) is 0 Å². The second-order valence-corrected chi connectivity index (χ2v) is 13.0. The second-order valence-electron chi connectivity index (χ2n) is 7.81. The van der Waals surface area contributed by atoms with Crippen LogP contribution in [0.25, 0.3) is 0 Å². The lowest BCUT2D eigenvalue weighted by Crippen LogP contribution is -2.41. The van der Waals surface area contributed by atoms with Crippen LogP contribution < -0.4 is 0 Å². The summed E-state index contributed by atoms with van der Waals surface area (Å²) in [6, 6.07) is 0. The van der Waals surface area contributed by atoms with Crippen molar-refractivity contribution in [3.63, 3.8) is 0 Å². The topological polar surface area (TPSA) is 18.5 Å². The Morgan fingerprint density at radius 1 is 1.05 bits per heavy atom. The molecule has 0 aromatic heterocycles. The molecule has 0 radical (unpaired) electrons. The highest BCUT2D eigenvalue weighted by molar-refractivity contribution is 6.83. The highest BCUT2D eigenvalue weighted by Gasteiger charge is 2.51. The Morgan fingerprint density at radius 3 is 1.90 bits per heavy atom. The zero-order valence-electron chi connectivity index (χ0n) is 15.0. The molecule has 0 amide bonds. The quantitative estimate of drug-likeness (QED) is 0.529. The molecule has 1 aliphatic rings. The maximum absolute atomic E-state index is 6.14. The number of hydrogen-bond donors (Lipinski definition) is 0. The molecular weight excluding hydrogens is 275 g/mol. The number of allylic oxidation sites excluding steroid dienone is 5. The molecule has 1 aliphatic heterocycles. The lowest BCUT2D eigenvalue weighted by atomic mass is 9.77. The molecule has 0 aromatic carbocycles. The van der Waals surface area contributed by atoms with Crippen molar-refractivity contribution in [1.82, 2.24) is 0 Å². The first-order valence-electron chi connectivity index (χ1n) is 7.84. The van der Waals surface area contributed by atoms with Crippen LogP contribution in [0, 0.1) is 0 Å². The molecule has 0 aromatic rings. The number of rotatable bonds is 5. The van der Waals surface area contributed by atoms with E-state index in [2.05, 4.69) is 79.1 Å². The van der Waals surface area contributed by atoms with Crippen molar-refractivity contribution < 1.29 is 9.31 Å². The molecule has 1 rings (SSSR count). The summed E-state index contributed by atoms with van der Waals surface area (Å²) in [5.41, 5.74) is 0.498. The Bertz CT molecular complexity index is 440. The summed E-state index contributed by atoms with van der Waals surface area (Å²) in [7, 11) is -1.63. The van der Waals surface area contributed by atoms with Gasteiger partial charge in [-0.05, 0) is 39.6 Å². The average Bonchev–Trinajstić information content (AvgIpc) is 2.52. The Hall–Kier alpha value is -0.578. The van der Waals surface area contributed by atoms with Crippen molar-refractivity contribution in [3.05, 3.63) is 35.5 Å². The van der Waals surface area contributed by atoms with Crippen LogP contribution in [0.1, 0.15) is 41.0 Å². The van der Waals surface area contributed by atoms with Gasteiger partial charge in [-0.15, -0.1) is 0 Å². The molecule has 1 fully saturated rings. The summed E-state index contributed by atoms with van der Waals surface area (Å²) in [5.74, 6) is 0. The van der Waals surface area contributed by atoms with Crippen molar-refractivity contribution in [3.8, 4) is 0 Å². The molecule has 0 spiro atoms. The summed E-state index contributed by atoms with van der Waals surface area (Å²) >= 11 is 0. The lowest BCUT2D eigenvalue weighted by Gasteiger charge is -2.32. The Morgan fingerprint density at radius 2 is 1.52 bits per heavy atom. The Kier molecular flexibility index (Phi) is 5.52. The van der Waals surface area contributed by atoms with Gasteiger partial charge in [0.15, 0.2) is 0 Å². The summed E-state index contributed by atoms with van der Waals surface area (Å²) in [4.78, 5) is 0. The Balaban J connectivity index is 2.94. The van der Waals surface area contributed by atoms with Crippen LogP contribution in [0.15, 0.2) is 35.5 Å². The minimum absolute atomic E-state index is 0.291. The van der Waals surface area contributed by atoms with Gasteiger partial charge in [-0.25, -0.2) is 0 Å². The highest BCUT2D eigenvalue weighted by Crippen LogP contribution is 2.38. The van der Waals surface area contributed by atoms with E-state index in [9.17, 15) is 0 Å². The van der Waals surface area contributed by atoms with Crippen molar-refractivity contribution >= 4 is 15.2 Å². The molecule has 0 N–H and O–H groups in total. The molecule has 0 saturated carbocycles. The molecular formula is C17H31BO2Si. The predicted molar refractivity (Wildman–Crippen MR) is 96.1 cm³/mol. The van der Waals surface area contributed by atoms with Crippen LogP contribution in [0.3, 0.4) is 0 Å². The summed E-state index contributed by atoms with van der Waals surface area (Å²) in [6.45, 7) is 21.6. The molecule has 0 aliphatic carbocycles. The average molecular weight is 306 g/mol. The molecule has 118 valence electrons. The van der Waals surface area contributed by atoms with Crippen molar-refractivity contribution in [2.24, 2.45) is 0 Å². The second kappa shape index (κ2) is 6.27. The molecule has 0 unspecified atom stereocenters. The van der Waals surface area contributed by atoms with E-state index >= 15 is 0 Å². The van der Waals surface area contributed by atoms with Gasteiger partial charge in [-0.2, -0.15) is 0 Å². The molecule has 0 atom stereocenters. The van der Waals surface area contributed by atoms with Gasteiger partial charge >= 0.3 is 7.12 Å². The van der Waals surface area contributed by atoms with Crippen molar-refractivity contribution in [2.75, 3.05) is 0 Å². The van der Waals surface area contributed by atoms with E-state index in [1.54, 1.807) is 0 Å². The van der Waals surface area contributed by atoms with E-state index in [0.717, 1.165) is 11.9 Å². The van der Waals surface area contributed by atoms with Crippen molar-refractivity contribution in [2.45, 2.75) is 71.9 Å². The predicted octanol–water partition coefficient (Wildman–Crippen LogP) is 4.94.